The molecule has 3 aromatic rings. The highest BCUT2D eigenvalue weighted by Gasteiger charge is 2.12. The van der Waals surface area contributed by atoms with Crippen LogP contribution < -0.4 is 5.43 Å². The van der Waals surface area contributed by atoms with Gasteiger partial charge in [0.2, 0.25) is 5.43 Å². The Bertz CT molecular complexity index is 851. The van der Waals surface area contributed by atoms with E-state index in [2.05, 4.69) is 6.07 Å². The van der Waals surface area contributed by atoms with Gasteiger partial charge in [-0.25, -0.2) is 0 Å². The molecule has 20 heavy (non-hydrogen) atoms. The molecule has 0 fully saturated rings. The Morgan fingerprint density at radius 3 is 2.80 bits per heavy atom. The average molecular weight is 322 g/mol. The Labute approximate surface area is 130 Å². The molecule has 0 unspecified atom stereocenters. The normalized spacial score (nSPS) is 11.2. The lowest BCUT2D eigenvalue weighted by Crippen LogP contribution is -2.06. The largest absolute Gasteiger partial charge is 0.348 e. The number of thioether (sulfide) groups is 1. The Morgan fingerprint density at radius 1 is 1.30 bits per heavy atom. The summed E-state index contributed by atoms with van der Waals surface area (Å²) in [7, 11) is 1.97. The number of halogens is 1. The van der Waals surface area contributed by atoms with E-state index in [1.807, 2.05) is 48.3 Å². The summed E-state index contributed by atoms with van der Waals surface area (Å²) in [6, 6.07) is 9.76. The minimum atomic E-state index is 0.115. The first kappa shape index (κ1) is 13.7. The molecule has 0 bridgehead atoms. The van der Waals surface area contributed by atoms with Crippen LogP contribution >= 0.6 is 34.7 Å². The highest BCUT2D eigenvalue weighted by Crippen LogP contribution is 2.33. The molecule has 0 amide bonds. The second-order valence-corrected chi connectivity index (χ2v) is 6.81. The van der Waals surface area contributed by atoms with Gasteiger partial charge in [-0.1, -0.05) is 23.7 Å². The second-order valence-electron chi connectivity index (χ2n) is 4.47. The van der Waals surface area contributed by atoms with Crippen molar-refractivity contribution in [1.29, 1.82) is 0 Å². The van der Waals surface area contributed by atoms with Gasteiger partial charge in [0.25, 0.3) is 0 Å². The molecule has 0 saturated heterocycles. The molecule has 2 nitrogen and oxygen atoms in total. The number of aryl methyl sites for hydroxylation is 1. The molecule has 3 rings (SSSR count). The standard InChI is InChI=1S/C15H12ClNOS2/c1-17-8-13(19-2)14(18)15-11(17)7-12(20-15)9-4-3-5-10(16)6-9/h3-8H,1-2H3. The highest BCUT2D eigenvalue weighted by atomic mass is 35.5. The van der Waals surface area contributed by atoms with Crippen LogP contribution in [0.15, 0.2) is 46.2 Å². The van der Waals surface area contributed by atoms with Crippen molar-refractivity contribution in [2.45, 2.75) is 4.90 Å². The molecule has 0 atom stereocenters. The van der Waals surface area contributed by atoms with E-state index < -0.39 is 0 Å². The number of hydrogen-bond acceptors (Lipinski definition) is 3. The third-order valence-electron chi connectivity index (χ3n) is 3.16. The second kappa shape index (κ2) is 5.28. The number of hydrogen-bond donors (Lipinski definition) is 0. The number of thiophene rings is 1. The van der Waals surface area contributed by atoms with Crippen LogP contribution in [0.2, 0.25) is 5.02 Å². The highest BCUT2D eigenvalue weighted by molar-refractivity contribution is 7.98. The molecule has 0 saturated carbocycles. The van der Waals surface area contributed by atoms with Crippen LogP contribution in [0.25, 0.3) is 20.7 Å². The number of nitrogens with zero attached hydrogens (tertiary/aromatic N) is 1. The topological polar surface area (TPSA) is 22.0 Å². The molecular formula is C15H12ClNOS2. The maximum atomic E-state index is 12.4. The molecule has 2 aromatic heterocycles. The molecule has 2 heterocycles. The van der Waals surface area contributed by atoms with E-state index in [-0.39, 0.29) is 5.43 Å². The van der Waals surface area contributed by atoms with Crippen molar-refractivity contribution < 1.29 is 0 Å². The summed E-state index contributed by atoms with van der Waals surface area (Å²) in [5, 5.41) is 0.705. The van der Waals surface area contributed by atoms with Crippen molar-refractivity contribution in [2.24, 2.45) is 7.05 Å². The predicted molar refractivity (Wildman–Crippen MR) is 89.3 cm³/mol. The van der Waals surface area contributed by atoms with Gasteiger partial charge in [-0.15, -0.1) is 23.1 Å². The van der Waals surface area contributed by atoms with Crippen molar-refractivity contribution in [1.82, 2.24) is 4.57 Å². The van der Waals surface area contributed by atoms with Gasteiger partial charge >= 0.3 is 0 Å². The molecule has 102 valence electrons. The molecule has 0 N–H and O–H groups in total. The third-order valence-corrected chi connectivity index (χ3v) is 5.30. The number of benzene rings is 1. The summed E-state index contributed by atoms with van der Waals surface area (Å²) in [5.74, 6) is 0. The molecule has 0 radical (unpaired) electrons. The lowest BCUT2D eigenvalue weighted by molar-refractivity contribution is 0.927. The van der Waals surface area contributed by atoms with Crippen LogP contribution in [0, 0.1) is 0 Å². The maximum absolute atomic E-state index is 12.4. The van der Waals surface area contributed by atoms with E-state index in [1.54, 1.807) is 0 Å². The fourth-order valence-corrected chi connectivity index (χ4v) is 4.10. The zero-order valence-corrected chi connectivity index (χ0v) is 13.4. The van der Waals surface area contributed by atoms with Gasteiger partial charge in [0, 0.05) is 23.1 Å². The summed E-state index contributed by atoms with van der Waals surface area (Å²) in [5.41, 5.74) is 2.13. The van der Waals surface area contributed by atoms with Crippen molar-refractivity contribution in [3.8, 4) is 10.4 Å². The first-order valence-corrected chi connectivity index (χ1v) is 8.45. The summed E-state index contributed by atoms with van der Waals surface area (Å²) < 4.78 is 2.81. The summed E-state index contributed by atoms with van der Waals surface area (Å²) in [6.45, 7) is 0. The number of rotatable bonds is 2. The fourth-order valence-electron chi connectivity index (χ4n) is 2.15. The molecular weight excluding hydrogens is 310 g/mol. The van der Waals surface area contributed by atoms with Crippen LogP contribution in [-0.2, 0) is 7.05 Å². The number of fused-ring (bicyclic) bond motifs is 1. The quantitative estimate of drug-likeness (QED) is 0.641. The molecule has 0 aliphatic heterocycles. The summed E-state index contributed by atoms with van der Waals surface area (Å²) >= 11 is 9.05. The minimum absolute atomic E-state index is 0.115. The SMILES string of the molecule is CSc1cn(C)c2cc(-c3cccc(Cl)c3)sc2c1=O. The van der Waals surface area contributed by atoms with Crippen molar-refractivity contribution in [2.75, 3.05) is 6.26 Å². The van der Waals surface area contributed by atoms with Crippen LogP contribution in [-0.4, -0.2) is 10.8 Å². The van der Waals surface area contributed by atoms with E-state index >= 15 is 0 Å². The zero-order chi connectivity index (χ0) is 14.3. The van der Waals surface area contributed by atoms with E-state index in [1.165, 1.54) is 23.1 Å². The van der Waals surface area contributed by atoms with Crippen LogP contribution in [0.4, 0.5) is 0 Å². The first-order valence-electron chi connectivity index (χ1n) is 6.03. The minimum Gasteiger partial charge on any atom is -0.348 e. The summed E-state index contributed by atoms with van der Waals surface area (Å²) in [4.78, 5) is 14.2. The predicted octanol–water partition coefficient (Wildman–Crippen LogP) is 4.64. The van der Waals surface area contributed by atoms with Crippen LogP contribution in [0.3, 0.4) is 0 Å². The van der Waals surface area contributed by atoms with Gasteiger partial charge in [0.15, 0.2) is 0 Å². The maximum Gasteiger partial charge on any atom is 0.212 e. The Kier molecular flexibility index (Phi) is 3.63. The zero-order valence-electron chi connectivity index (χ0n) is 11.0. The van der Waals surface area contributed by atoms with Crippen LogP contribution in [0.5, 0.6) is 0 Å². The summed E-state index contributed by atoms with van der Waals surface area (Å²) in [6.07, 6.45) is 3.82. The van der Waals surface area contributed by atoms with Crippen molar-refractivity contribution in [3.05, 3.63) is 51.8 Å². The Morgan fingerprint density at radius 2 is 2.10 bits per heavy atom. The average Bonchev–Trinajstić information content (AvgIpc) is 2.89. The van der Waals surface area contributed by atoms with Gasteiger partial charge in [-0.2, -0.15) is 0 Å². The van der Waals surface area contributed by atoms with E-state index in [4.69, 9.17) is 11.6 Å². The van der Waals surface area contributed by atoms with Crippen molar-refractivity contribution >= 4 is 44.9 Å². The van der Waals surface area contributed by atoms with Gasteiger partial charge in [0.05, 0.1) is 15.1 Å². The van der Waals surface area contributed by atoms with Gasteiger partial charge < -0.3 is 4.57 Å². The fraction of sp³-hybridized carbons (Fsp3) is 0.133. The number of aromatic nitrogens is 1. The molecule has 0 spiro atoms. The Hall–Kier alpha value is -1.23. The third kappa shape index (κ3) is 2.28. The monoisotopic (exact) mass is 321 g/mol. The van der Waals surface area contributed by atoms with Gasteiger partial charge in [-0.05, 0) is 30.0 Å². The first-order chi connectivity index (χ1) is 9.60. The van der Waals surface area contributed by atoms with E-state index in [9.17, 15) is 4.79 Å². The van der Waals surface area contributed by atoms with Crippen LogP contribution in [0.1, 0.15) is 0 Å². The Balaban J connectivity index is 2.28. The van der Waals surface area contributed by atoms with E-state index in [0.717, 1.165) is 25.6 Å². The number of pyridine rings is 1. The molecule has 0 aliphatic carbocycles. The van der Waals surface area contributed by atoms with E-state index in [0.29, 0.717) is 5.02 Å². The molecule has 5 heteroatoms. The molecule has 1 aromatic carbocycles. The molecule has 0 aliphatic rings. The lowest BCUT2D eigenvalue weighted by Gasteiger charge is -2.02. The van der Waals surface area contributed by atoms with Crippen molar-refractivity contribution in [3.63, 3.8) is 0 Å². The smallest absolute Gasteiger partial charge is 0.212 e. The van der Waals surface area contributed by atoms with Gasteiger partial charge in [-0.3, -0.25) is 4.79 Å². The van der Waals surface area contributed by atoms with Gasteiger partial charge in [0.1, 0.15) is 0 Å². The lowest BCUT2D eigenvalue weighted by atomic mass is 10.2.